The number of rotatable bonds is 5. The third kappa shape index (κ3) is 4.73. The number of carbonyl (C=O) groups excluding carboxylic acids is 1. The van der Waals surface area contributed by atoms with Gasteiger partial charge in [-0.25, -0.2) is 0 Å². The highest BCUT2D eigenvalue weighted by Gasteiger charge is 2.20. The van der Waals surface area contributed by atoms with Gasteiger partial charge in [0.15, 0.2) is 11.5 Å². The molecule has 0 spiro atoms. The Balaban J connectivity index is 1.42. The summed E-state index contributed by atoms with van der Waals surface area (Å²) in [5.74, 6) is -0.155. The standard InChI is InChI=1S/C20H24N2O3/c23-18-7-6-15(14-19(18)24)8-11-22-12-9-17(10-13-22)21-20(25)16-4-2-1-3-5-16/h1-7,14,17,23-24H,8-13H2,(H,21,25). The summed E-state index contributed by atoms with van der Waals surface area (Å²) in [5, 5.41) is 22.0. The van der Waals surface area contributed by atoms with Crippen LogP contribution in [0.4, 0.5) is 0 Å². The average Bonchev–Trinajstić information content (AvgIpc) is 2.64. The van der Waals surface area contributed by atoms with E-state index in [1.165, 1.54) is 6.07 Å². The second-order valence-electron chi connectivity index (χ2n) is 6.53. The number of phenolic OH excluding ortho intramolecular Hbond substituents is 2. The van der Waals surface area contributed by atoms with Crippen molar-refractivity contribution in [3.8, 4) is 11.5 Å². The summed E-state index contributed by atoms with van der Waals surface area (Å²) >= 11 is 0. The Hall–Kier alpha value is -2.53. The Labute approximate surface area is 147 Å². The Bertz CT molecular complexity index is 710. The zero-order valence-electron chi connectivity index (χ0n) is 14.2. The molecule has 0 aromatic heterocycles. The van der Waals surface area contributed by atoms with Crippen molar-refractivity contribution in [2.45, 2.75) is 25.3 Å². The van der Waals surface area contributed by atoms with E-state index in [4.69, 9.17) is 0 Å². The van der Waals surface area contributed by atoms with Crippen LogP contribution < -0.4 is 5.32 Å². The lowest BCUT2D eigenvalue weighted by molar-refractivity contribution is 0.0911. The van der Waals surface area contributed by atoms with Crippen LogP contribution in [0.25, 0.3) is 0 Å². The highest BCUT2D eigenvalue weighted by Crippen LogP contribution is 2.25. The number of likely N-dealkylation sites (tertiary alicyclic amines) is 1. The maximum absolute atomic E-state index is 12.2. The number of amides is 1. The first kappa shape index (κ1) is 17.3. The normalized spacial score (nSPS) is 15.8. The molecule has 2 aromatic rings. The summed E-state index contributed by atoms with van der Waals surface area (Å²) in [4.78, 5) is 14.6. The smallest absolute Gasteiger partial charge is 0.251 e. The largest absolute Gasteiger partial charge is 0.504 e. The highest BCUT2D eigenvalue weighted by atomic mass is 16.3. The van der Waals surface area contributed by atoms with Crippen molar-refractivity contribution >= 4 is 5.91 Å². The van der Waals surface area contributed by atoms with Gasteiger partial charge in [0, 0.05) is 31.2 Å². The van der Waals surface area contributed by atoms with E-state index in [9.17, 15) is 15.0 Å². The lowest BCUT2D eigenvalue weighted by Gasteiger charge is -2.32. The van der Waals surface area contributed by atoms with Crippen LogP contribution in [0.3, 0.4) is 0 Å². The summed E-state index contributed by atoms with van der Waals surface area (Å²) in [6, 6.07) is 14.5. The van der Waals surface area contributed by atoms with Crippen LogP contribution in [0, 0.1) is 0 Å². The van der Waals surface area contributed by atoms with E-state index in [2.05, 4.69) is 10.2 Å². The van der Waals surface area contributed by atoms with Crippen LogP contribution in [-0.4, -0.2) is 46.7 Å². The number of hydrogen-bond acceptors (Lipinski definition) is 4. The molecule has 3 N–H and O–H groups in total. The van der Waals surface area contributed by atoms with E-state index < -0.39 is 0 Å². The molecule has 1 fully saturated rings. The molecule has 0 aliphatic carbocycles. The van der Waals surface area contributed by atoms with Crippen molar-refractivity contribution in [1.82, 2.24) is 10.2 Å². The highest BCUT2D eigenvalue weighted by molar-refractivity contribution is 5.94. The molecule has 2 aromatic carbocycles. The van der Waals surface area contributed by atoms with Gasteiger partial charge in [0.05, 0.1) is 0 Å². The fraction of sp³-hybridized carbons (Fsp3) is 0.350. The average molecular weight is 340 g/mol. The van der Waals surface area contributed by atoms with E-state index in [0.717, 1.165) is 44.5 Å². The first-order valence-corrected chi connectivity index (χ1v) is 8.71. The minimum absolute atomic E-state index is 0.00128. The van der Waals surface area contributed by atoms with Crippen molar-refractivity contribution in [3.05, 3.63) is 59.7 Å². The van der Waals surface area contributed by atoms with Gasteiger partial charge in [0.25, 0.3) is 5.91 Å². The molecular formula is C20H24N2O3. The van der Waals surface area contributed by atoms with Gasteiger partial charge < -0.3 is 20.4 Å². The molecule has 0 radical (unpaired) electrons. The number of carbonyl (C=O) groups is 1. The summed E-state index contributed by atoms with van der Waals surface area (Å²) in [7, 11) is 0. The fourth-order valence-corrected chi connectivity index (χ4v) is 3.17. The first-order chi connectivity index (χ1) is 12.1. The molecule has 1 saturated heterocycles. The molecule has 0 atom stereocenters. The second-order valence-corrected chi connectivity index (χ2v) is 6.53. The number of nitrogens with zero attached hydrogens (tertiary/aromatic N) is 1. The van der Waals surface area contributed by atoms with Gasteiger partial charge in [-0.3, -0.25) is 4.79 Å². The maximum atomic E-state index is 12.2. The van der Waals surface area contributed by atoms with Crippen molar-refractivity contribution in [1.29, 1.82) is 0 Å². The monoisotopic (exact) mass is 340 g/mol. The number of piperidine rings is 1. The van der Waals surface area contributed by atoms with E-state index >= 15 is 0 Å². The fourth-order valence-electron chi connectivity index (χ4n) is 3.17. The molecule has 1 aliphatic rings. The summed E-state index contributed by atoms with van der Waals surface area (Å²) in [6.45, 7) is 2.80. The van der Waals surface area contributed by atoms with Crippen LogP contribution in [0.2, 0.25) is 0 Å². The van der Waals surface area contributed by atoms with E-state index in [1.807, 2.05) is 36.4 Å². The zero-order valence-corrected chi connectivity index (χ0v) is 14.2. The van der Waals surface area contributed by atoms with Gasteiger partial charge >= 0.3 is 0 Å². The molecule has 0 unspecified atom stereocenters. The molecule has 5 heteroatoms. The van der Waals surface area contributed by atoms with Gasteiger partial charge in [-0.05, 0) is 49.1 Å². The summed E-state index contributed by atoms with van der Waals surface area (Å²) < 4.78 is 0. The summed E-state index contributed by atoms with van der Waals surface area (Å²) in [6.07, 6.45) is 2.72. The number of hydrogen-bond donors (Lipinski definition) is 3. The Morgan fingerprint density at radius 1 is 1.04 bits per heavy atom. The lowest BCUT2D eigenvalue weighted by Crippen LogP contribution is -2.45. The number of phenols is 2. The topological polar surface area (TPSA) is 72.8 Å². The molecule has 0 bridgehead atoms. The molecule has 25 heavy (non-hydrogen) atoms. The predicted octanol–water partition coefficient (Wildman–Crippen LogP) is 2.53. The van der Waals surface area contributed by atoms with Gasteiger partial charge in [-0.1, -0.05) is 24.3 Å². The van der Waals surface area contributed by atoms with Gasteiger partial charge in [0.2, 0.25) is 0 Å². The molecule has 1 heterocycles. The van der Waals surface area contributed by atoms with Crippen LogP contribution in [0.15, 0.2) is 48.5 Å². The molecule has 1 amide bonds. The van der Waals surface area contributed by atoms with Crippen LogP contribution >= 0.6 is 0 Å². The zero-order chi connectivity index (χ0) is 17.6. The summed E-state index contributed by atoms with van der Waals surface area (Å²) in [5.41, 5.74) is 1.71. The number of benzene rings is 2. The van der Waals surface area contributed by atoms with Crippen molar-refractivity contribution in [3.63, 3.8) is 0 Å². The third-order valence-electron chi connectivity index (χ3n) is 4.72. The molecule has 1 aliphatic heterocycles. The van der Waals surface area contributed by atoms with Crippen molar-refractivity contribution < 1.29 is 15.0 Å². The van der Waals surface area contributed by atoms with Crippen LogP contribution in [-0.2, 0) is 6.42 Å². The van der Waals surface area contributed by atoms with Gasteiger partial charge in [0.1, 0.15) is 0 Å². The minimum Gasteiger partial charge on any atom is -0.504 e. The van der Waals surface area contributed by atoms with Crippen LogP contribution in [0.1, 0.15) is 28.8 Å². The number of nitrogens with one attached hydrogen (secondary N) is 1. The molecule has 5 nitrogen and oxygen atoms in total. The van der Waals surface area contributed by atoms with Crippen LogP contribution in [0.5, 0.6) is 11.5 Å². The van der Waals surface area contributed by atoms with Crippen molar-refractivity contribution in [2.24, 2.45) is 0 Å². The van der Waals surface area contributed by atoms with E-state index in [1.54, 1.807) is 6.07 Å². The first-order valence-electron chi connectivity index (χ1n) is 8.71. The Morgan fingerprint density at radius 2 is 1.76 bits per heavy atom. The lowest BCUT2D eigenvalue weighted by atomic mass is 10.0. The van der Waals surface area contributed by atoms with Crippen molar-refractivity contribution in [2.75, 3.05) is 19.6 Å². The maximum Gasteiger partial charge on any atom is 0.251 e. The quantitative estimate of drug-likeness (QED) is 0.732. The van der Waals surface area contributed by atoms with E-state index in [-0.39, 0.29) is 23.4 Å². The molecule has 3 rings (SSSR count). The molecule has 0 saturated carbocycles. The third-order valence-corrected chi connectivity index (χ3v) is 4.72. The second kappa shape index (κ2) is 8.03. The Kier molecular flexibility index (Phi) is 5.56. The molecular weight excluding hydrogens is 316 g/mol. The molecule has 132 valence electrons. The minimum atomic E-state index is -0.0845. The van der Waals surface area contributed by atoms with E-state index in [0.29, 0.717) is 5.56 Å². The van der Waals surface area contributed by atoms with Gasteiger partial charge in [-0.2, -0.15) is 0 Å². The van der Waals surface area contributed by atoms with Gasteiger partial charge in [-0.15, -0.1) is 0 Å². The SMILES string of the molecule is O=C(NC1CCN(CCc2ccc(O)c(O)c2)CC1)c1ccccc1. The Morgan fingerprint density at radius 3 is 2.44 bits per heavy atom. The predicted molar refractivity (Wildman–Crippen MR) is 96.8 cm³/mol. The number of aromatic hydroxyl groups is 2.